The van der Waals surface area contributed by atoms with Gasteiger partial charge in [-0.3, -0.25) is 4.79 Å². The number of morpholine rings is 1. The van der Waals surface area contributed by atoms with Crippen LogP contribution in [0.4, 0.5) is 5.69 Å². The Labute approximate surface area is 156 Å². The second-order valence-corrected chi connectivity index (χ2v) is 6.27. The molecule has 3 heterocycles. The van der Waals surface area contributed by atoms with E-state index in [1.165, 1.54) is 6.26 Å². The van der Waals surface area contributed by atoms with Gasteiger partial charge in [0.05, 0.1) is 19.5 Å². The number of aromatic nitrogens is 2. The van der Waals surface area contributed by atoms with E-state index in [2.05, 4.69) is 20.4 Å². The third-order valence-corrected chi connectivity index (χ3v) is 4.41. The van der Waals surface area contributed by atoms with Crippen molar-refractivity contribution < 1.29 is 18.5 Å². The van der Waals surface area contributed by atoms with Gasteiger partial charge < -0.3 is 23.9 Å². The monoisotopic (exact) mass is 368 g/mol. The Hall–Kier alpha value is -3.13. The van der Waals surface area contributed by atoms with Crippen LogP contribution in [-0.2, 0) is 4.74 Å². The molecule has 1 amide bonds. The Morgan fingerprint density at radius 3 is 2.67 bits per heavy atom. The molecule has 1 saturated heterocycles. The number of nitrogens with one attached hydrogen (secondary N) is 1. The summed E-state index contributed by atoms with van der Waals surface area (Å²) in [7, 11) is 0. The fourth-order valence-corrected chi connectivity index (χ4v) is 2.91. The van der Waals surface area contributed by atoms with Gasteiger partial charge in [-0.15, -0.1) is 0 Å². The number of benzene rings is 1. The van der Waals surface area contributed by atoms with Gasteiger partial charge in [0.25, 0.3) is 5.91 Å². The van der Waals surface area contributed by atoms with Crippen LogP contribution in [0, 0.1) is 0 Å². The zero-order chi connectivity index (χ0) is 18.6. The van der Waals surface area contributed by atoms with Crippen LogP contribution in [0.2, 0.25) is 0 Å². The minimum atomic E-state index is -0.434. The predicted molar refractivity (Wildman–Crippen MR) is 97.4 cm³/mol. The van der Waals surface area contributed by atoms with Gasteiger partial charge in [0, 0.05) is 24.3 Å². The first-order chi connectivity index (χ1) is 13.2. The largest absolute Gasteiger partial charge is 0.459 e. The Morgan fingerprint density at radius 2 is 1.96 bits per heavy atom. The Kier molecular flexibility index (Phi) is 4.88. The molecule has 2 aromatic heterocycles. The molecule has 1 N–H and O–H groups in total. The van der Waals surface area contributed by atoms with Crippen LogP contribution >= 0.6 is 0 Å². The molecule has 8 nitrogen and oxygen atoms in total. The van der Waals surface area contributed by atoms with Gasteiger partial charge in [-0.1, -0.05) is 5.16 Å². The highest BCUT2D eigenvalue weighted by Crippen LogP contribution is 2.23. The molecule has 1 aliphatic heterocycles. The molecule has 1 fully saturated rings. The summed E-state index contributed by atoms with van der Waals surface area (Å²) in [6, 6.07) is 10.8. The molecule has 140 valence electrons. The summed E-state index contributed by atoms with van der Waals surface area (Å²) in [6.07, 6.45) is 1.45. The lowest BCUT2D eigenvalue weighted by Crippen LogP contribution is -2.36. The van der Waals surface area contributed by atoms with Crippen LogP contribution in [0.25, 0.3) is 11.4 Å². The van der Waals surface area contributed by atoms with Crippen molar-refractivity contribution >= 4 is 11.6 Å². The van der Waals surface area contributed by atoms with Crippen LogP contribution in [0.3, 0.4) is 0 Å². The maximum Gasteiger partial charge on any atom is 0.287 e. The van der Waals surface area contributed by atoms with Crippen molar-refractivity contribution in [1.82, 2.24) is 15.5 Å². The van der Waals surface area contributed by atoms with Crippen molar-refractivity contribution in [3.05, 3.63) is 54.3 Å². The fourth-order valence-electron chi connectivity index (χ4n) is 2.91. The zero-order valence-corrected chi connectivity index (χ0v) is 14.9. The van der Waals surface area contributed by atoms with E-state index in [0.717, 1.165) is 37.6 Å². The van der Waals surface area contributed by atoms with Gasteiger partial charge in [-0.2, -0.15) is 4.98 Å². The first-order valence-electron chi connectivity index (χ1n) is 8.82. The molecule has 0 bridgehead atoms. The van der Waals surface area contributed by atoms with Crippen LogP contribution in [0.5, 0.6) is 0 Å². The van der Waals surface area contributed by atoms with Gasteiger partial charge in [0.1, 0.15) is 6.04 Å². The molecule has 1 atom stereocenters. The summed E-state index contributed by atoms with van der Waals surface area (Å²) in [4.78, 5) is 18.7. The fraction of sp³-hybridized carbons (Fsp3) is 0.316. The van der Waals surface area contributed by atoms with E-state index < -0.39 is 6.04 Å². The lowest BCUT2D eigenvalue weighted by Gasteiger charge is -2.28. The average molecular weight is 368 g/mol. The highest BCUT2D eigenvalue weighted by Gasteiger charge is 2.19. The molecule has 27 heavy (non-hydrogen) atoms. The van der Waals surface area contributed by atoms with E-state index in [0.29, 0.717) is 11.7 Å². The first kappa shape index (κ1) is 17.3. The number of carbonyl (C=O) groups excluding carboxylic acids is 1. The number of amides is 1. The molecule has 0 saturated carbocycles. The molecule has 0 aliphatic carbocycles. The number of hydrogen-bond donors (Lipinski definition) is 1. The number of carbonyl (C=O) groups is 1. The maximum atomic E-state index is 12.0. The van der Waals surface area contributed by atoms with Crippen LogP contribution in [0.1, 0.15) is 29.4 Å². The summed E-state index contributed by atoms with van der Waals surface area (Å²) in [6.45, 7) is 5.05. The van der Waals surface area contributed by atoms with Gasteiger partial charge in [-0.05, 0) is 43.3 Å². The molecule has 4 rings (SSSR count). The van der Waals surface area contributed by atoms with Gasteiger partial charge in [0.15, 0.2) is 5.76 Å². The van der Waals surface area contributed by atoms with Crippen LogP contribution < -0.4 is 10.2 Å². The first-order valence-corrected chi connectivity index (χ1v) is 8.82. The summed E-state index contributed by atoms with van der Waals surface area (Å²) >= 11 is 0. The molecule has 1 aliphatic rings. The van der Waals surface area contributed by atoms with E-state index in [-0.39, 0.29) is 11.7 Å². The number of anilines is 1. The topological polar surface area (TPSA) is 93.6 Å². The van der Waals surface area contributed by atoms with Gasteiger partial charge in [0.2, 0.25) is 11.7 Å². The highest BCUT2D eigenvalue weighted by atomic mass is 16.5. The van der Waals surface area contributed by atoms with E-state index in [1.54, 1.807) is 19.1 Å². The minimum Gasteiger partial charge on any atom is -0.459 e. The number of ether oxygens (including phenoxy) is 1. The lowest BCUT2D eigenvalue weighted by molar-refractivity contribution is 0.0904. The van der Waals surface area contributed by atoms with Crippen LogP contribution in [0.15, 0.2) is 51.6 Å². The third kappa shape index (κ3) is 3.85. The zero-order valence-electron chi connectivity index (χ0n) is 14.9. The van der Waals surface area contributed by atoms with Gasteiger partial charge in [-0.25, -0.2) is 0 Å². The number of nitrogens with zero attached hydrogens (tertiary/aromatic N) is 3. The third-order valence-electron chi connectivity index (χ3n) is 4.41. The smallest absolute Gasteiger partial charge is 0.287 e. The number of furan rings is 1. The molecular weight excluding hydrogens is 348 g/mol. The predicted octanol–water partition coefficient (Wildman–Crippen LogP) is 2.66. The summed E-state index contributed by atoms with van der Waals surface area (Å²) in [5.41, 5.74) is 2.00. The second kappa shape index (κ2) is 7.63. The summed E-state index contributed by atoms with van der Waals surface area (Å²) in [5.74, 6) is 0.724. The molecule has 0 radical (unpaired) electrons. The summed E-state index contributed by atoms with van der Waals surface area (Å²) in [5, 5.41) is 6.79. The molecule has 8 heteroatoms. The van der Waals surface area contributed by atoms with Crippen molar-refractivity contribution in [3.8, 4) is 11.4 Å². The van der Waals surface area contributed by atoms with Crippen molar-refractivity contribution in [2.24, 2.45) is 0 Å². The highest BCUT2D eigenvalue weighted by molar-refractivity contribution is 5.91. The Bertz CT molecular complexity index is 883. The molecular formula is C19H20N4O4. The van der Waals surface area contributed by atoms with Gasteiger partial charge >= 0.3 is 0 Å². The second-order valence-electron chi connectivity index (χ2n) is 6.27. The molecule has 0 spiro atoms. The van der Waals surface area contributed by atoms with E-state index >= 15 is 0 Å². The number of rotatable bonds is 5. The molecule has 0 unspecified atom stereocenters. The Morgan fingerprint density at radius 1 is 1.19 bits per heavy atom. The minimum absolute atomic E-state index is 0.236. The molecule has 3 aromatic rings. The van der Waals surface area contributed by atoms with E-state index in [9.17, 15) is 4.79 Å². The average Bonchev–Trinajstić information content (AvgIpc) is 3.41. The van der Waals surface area contributed by atoms with Crippen LogP contribution in [-0.4, -0.2) is 42.4 Å². The van der Waals surface area contributed by atoms with E-state index in [1.807, 2.05) is 24.3 Å². The maximum absolute atomic E-state index is 12.0. The molecule has 1 aromatic carbocycles. The quantitative estimate of drug-likeness (QED) is 0.740. The Balaban J connectivity index is 1.43. The van der Waals surface area contributed by atoms with E-state index in [4.69, 9.17) is 13.7 Å². The lowest BCUT2D eigenvalue weighted by atomic mass is 10.2. The van der Waals surface area contributed by atoms with Crippen molar-refractivity contribution in [2.75, 3.05) is 31.2 Å². The standard InChI is InChI=1S/C19H20N4O4/c1-13(20-18(24)16-3-2-10-26-16)19-21-17(22-27-19)14-4-6-15(7-5-14)23-8-11-25-12-9-23/h2-7,10,13H,8-9,11-12H2,1H3,(H,20,24)/t13-/m0/s1. The van der Waals surface area contributed by atoms with Crippen molar-refractivity contribution in [3.63, 3.8) is 0 Å². The van der Waals surface area contributed by atoms with Crippen molar-refractivity contribution in [1.29, 1.82) is 0 Å². The number of hydrogen-bond acceptors (Lipinski definition) is 7. The normalized spacial score (nSPS) is 15.5. The SMILES string of the molecule is C[C@H](NC(=O)c1ccco1)c1nc(-c2ccc(N3CCOCC3)cc2)no1. The summed E-state index contributed by atoms with van der Waals surface area (Å²) < 4.78 is 15.8. The van der Waals surface area contributed by atoms with Crippen molar-refractivity contribution in [2.45, 2.75) is 13.0 Å².